The van der Waals surface area contributed by atoms with Crippen molar-refractivity contribution in [1.29, 1.82) is 0 Å². The fraction of sp³-hybridized carbons (Fsp3) is 0.150. The first kappa shape index (κ1) is 18.4. The van der Waals surface area contributed by atoms with Crippen LogP contribution in [0.4, 0.5) is 0 Å². The van der Waals surface area contributed by atoms with E-state index < -0.39 is 12.0 Å². The van der Waals surface area contributed by atoms with Crippen LogP contribution < -0.4 is 0 Å². The second kappa shape index (κ2) is 7.85. The van der Waals surface area contributed by atoms with E-state index >= 15 is 0 Å². The van der Waals surface area contributed by atoms with Gasteiger partial charge in [-0.2, -0.15) is 0 Å². The summed E-state index contributed by atoms with van der Waals surface area (Å²) in [6.07, 6.45) is 1.97. The Labute approximate surface area is 161 Å². The molecule has 0 aromatic heterocycles. The van der Waals surface area contributed by atoms with Crippen LogP contribution in [0.3, 0.4) is 0 Å². The van der Waals surface area contributed by atoms with E-state index in [9.17, 15) is 14.7 Å². The molecule has 3 rings (SSSR count). The zero-order valence-electron chi connectivity index (χ0n) is 14.1. The minimum atomic E-state index is -1.07. The van der Waals surface area contributed by atoms with Crippen molar-refractivity contribution in [2.24, 2.45) is 0 Å². The summed E-state index contributed by atoms with van der Waals surface area (Å²) >= 11 is 6.46. The molecule has 0 saturated carbocycles. The summed E-state index contributed by atoms with van der Waals surface area (Å²) in [4.78, 5) is 26.3. The third kappa shape index (κ3) is 4.03. The first-order valence-electron chi connectivity index (χ1n) is 8.06. The van der Waals surface area contributed by atoms with E-state index in [0.717, 1.165) is 28.5 Å². The Morgan fingerprint density at radius 2 is 1.96 bits per heavy atom. The average molecular weight is 383 g/mol. The quantitative estimate of drug-likeness (QED) is 0.627. The molecule has 0 spiro atoms. The molecule has 6 heteroatoms. The second-order valence-electron chi connectivity index (χ2n) is 6.01. The molecule has 2 aromatic rings. The maximum Gasteiger partial charge on any atom is 0.327 e. The predicted molar refractivity (Wildman–Crippen MR) is 108 cm³/mol. The number of amides is 1. The summed E-state index contributed by atoms with van der Waals surface area (Å²) < 4.78 is 0.275. The van der Waals surface area contributed by atoms with Crippen molar-refractivity contribution in [3.05, 3.63) is 76.2 Å². The van der Waals surface area contributed by atoms with E-state index in [1.54, 1.807) is 6.08 Å². The van der Waals surface area contributed by atoms with E-state index in [1.807, 2.05) is 61.5 Å². The van der Waals surface area contributed by atoms with Gasteiger partial charge in [-0.15, -0.1) is 0 Å². The number of nitrogens with zero attached hydrogens (tertiary/aromatic N) is 1. The van der Waals surface area contributed by atoms with E-state index in [-0.39, 0.29) is 16.6 Å². The van der Waals surface area contributed by atoms with Gasteiger partial charge in [0, 0.05) is 6.42 Å². The molecular weight excluding hydrogens is 366 g/mol. The zero-order chi connectivity index (χ0) is 18.7. The van der Waals surface area contributed by atoms with Crippen LogP contribution in [0.5, 0.6) is 0 Å². The lowest BCUT2D eigenvalue weighted by atomic mass is 10.0. The number of hydrogen-bond donors (Lipinski definition) is 1. The van der Waals surface area contributed by atoms with Crippen molar-refractivity contribution in [2.45, 2.75) is 19.4 Å². The highest BCUT2D eigenvalue weighted by Gasteiger charge is 2.40. The van der Waals surface area contributed by atoms with Gasteiger partial charge in [-0.3, -0.25) is 9.69 Å². The minimum Gasteiger partial charge on any atom is -0.480 e. The van der Waals surface area contributed by atoms with Gasteiger partial charge in [0.05, 0.1) is 4.91 Å². The summed E-state index contributed by atoms with van der Waals surface area (Å²) in [7, 11) is 0. The molecule has 1 N–H and O–H groups in total. The van der Waals surface area contributed by atoms with Crippen molar-refractivity contribution in [3.63, 3.8) is 0 Å². The number of thiocarbonyl (C=S) groups is 1. The lowest BCUT2D eigenvalue weighted by Gasteiger charge is -2.23. The fourth-order valence-electron chi connectivity index (χ4n) is 2.79. The maximum atomic E-state index is 12.8. The topological polar surface area (TPSA) is 57.6 Å². The minimum absolute atomic E-state index is 0.209. The number of aryl methyl sites for hydroxylation is 1. The van der Waals surface area contributed by atoms with Crippen LogP contribution in [-0.2, 0) is 16.0 Å². The molecule has 0 aliphatic carbocycles. The molecule has 1 amide bonds. The molecule has 1 aliphatic rings. The molecule has 1 atom stereocenters. The van der Waals surface area contributed by atoms with Gasteiger partial charge in [-0.05, 0) is 24.1 Å². The molecule has 1 unspecified atom stereocenters. The predicted octanol–water partition coefficient (Wildman–Crippen LogP) is 3.89. The first-order valence-corrected chi connectivity index (χ1v) is 9.28. The molecule has 1 aliphatic heterocycles. The number of hydrogen-bond acceptors (Lipinski definition) is 4. The van der Waals surface area contributed by atoms with Crippen molar-refractivity contribution in [3.8, 4) is 0 Å². The summed E-state index contributed by atoms with van der Waals surface area (Å²) in [5.41, 5.74) is 2.82. The van der Waals surface area contributed by atoms with Crippen LogP contribution in [0.25, 0.3) is 6.08 Å². The number of benzene rings is 2. The Balaban J connectivity index is 1.88. The van der Waals surface area contributed by atoms with Crippen LogP contribution in [-0.4, -0.2) is 32.2 Å². The summed E-state index contributed by atoms with van der Waals surface area (Å²) in [5.74, 6) is -1.42. The zero-order valence-corrected chi connectivity index (χ0v) is 15.7. The summed E-state index contributed by atoms with van der Waals surface area (Å²) in [6.45, 7) is 1.98. The van der Waals surface area contributed by atoms with Gasteiger partial charge in [-0.25, -0.2) is 4.79 Å². The van der Waals surface area contributed by atoms with Crippen LogP contribution in [0.2, 0.25) is 0 Å². The van der Waals surface area contributed by atoms with Gasteiger partial charge in [-0.1, -0.05) is 84.1 Å². The Hall–Kier alpha value is -2.44. The van der Waals surface area contributed by atoms with Gasteiger partial charge in [0.1, 0.15) is 10.4 Å². The smallest absolute Gasteiger partial charge is 0.327 e. The molecule has 2 aromatic carbocycles. The molecular formula is C20H17NO3S2. The number of carbonyl (C=O) groups excluding carboxylic acids is 1. The molecule has 1 saturated heterocycles. The van der Waals surface area contributed by atoms with Crippen molar-refractivity contribution in [2.75, 3.05) is 0 Å². The summed E-state index contributed by atoms with van der Waals surface area (Å²) in [5, 5.41) is 9.66. The molecule has 1 fully saturated rings. The lowest BCUT2D eigenvalue weighted by Crippen LogP contribution is -2.45. The Morgan fingerprint density at radius 3 is 2.62 bits per heavy atom. The van der Waals surface area contributed by atoms with Crippen LogP contribution in [0.1, 0.15) is 16.7 Å². The third-order valence-electron chi connectivity index (χ3n) is 4.03. The van der Waals surface area contributed by atoms with E-state index in [1.165, 1.54) is 4.90 Å². The first-order chi connectivity index (χ1) is 12.5. The molecule has 4 nitrogen and oxygen atoms in total. The molecule has 0 radical (unpaired) electrons. The van der Waals surface area contributed by atoms with Crippen molar-refractivity contribution < 1.29 is 14.7 Å². The van der Waals surface area contributed by atoms with E-state index in [0.29, 0.717) is 4.91 Å². The highest BCUT2D eigenvalue weighted by atomic mass is 32.2. The number of aliphatic carboxylic acids is 1. The highest BCUT2D eigenvalue weighted by molar-refractivity contribution is 8.26. The van der Waals surface area contributed by atoms with Crippen LogP contribution in [0, 0.1) is 6.92 Å². The van der Waals surface area contributed by atoms with Gasteiger partial charge in [0.15, 0.2) is 0 Å². The Bertz CT molecular complexity index is 893. The Morgan fingerprint density at radius 1 is 1.23 bits per heavy atom. The fourth-order valence-corrected chi connectivity index (χ4v) is 4.14. The number of carboxylic acids is 1. The monoisotopic (exact) mass is 383 g/mol. The van der Waals surface area contributed by atoms with E-state index in [2.05, 4.69) is 0 Å². The second-order valence-corrected chi connectivity index (χ2v) is 7.69. The molecule has 26 heavy (non-hydrogen) atoms. The number of thioether (sulfide) groups is 1. The van der Waals surface area contributed by atoms with Crippen molar-refractivity contribution >= 4 is 46.3 Å². The van der Waals surface area contributed by atoms with Crippen molar-refractivity contribution in [1.82, 2.24) is 4.90 Å². The number of carboxylic acid groups (broad SMARTS) is 1. The van der Waals surface area contributed by atoms with E-state index in [4.69, 9.17) is 12.2 Å². The third-order valence-corrected chi connectivity index (χ3v) is 5.36. The van der Waals surface area contributed by atoms with Gasteiger partial charge < -0.3 is 5.11 Å². The van der Waals surface area contributed by atoms with Gasteiger partial charge >= 0.3 is 5.97 Å². The average Bonchev–Trinajstić information content (AvgIpc) is 2.87. The van der Waals surface area contributed by atoms with Crippen LogP contribution >= 0.6 is 24.0 Å². The maximum absolute atomic E-state index is 12.8. The highest BCUT2D eigenvalue weighted by Crippen LogP contribution is 2.34. The van der Waals surface area contributed by atoms with Gasteiger partial charge in [0.25, 0.3) is 5.91 Å². The standard InChI is InChI=1S/C20H17NO3S2/c1-13-6-5-9-15(10-13)12-17-18(22)21(20(25)26-17)16(19(23)24)11-14-7-3-2-4-8-14/h2-10,12,16H,11H2,1H3,(H,23,24)/b17-12-. The lowest BCUT2D eigenvalue weighted by molar-refractivity contribution is -0.145. The number of rotatable bonds is 5. The SMILES string of the molecule is Cc1cccc(/C=C2\SC(=S)N(C(Cc3ccccc3)C(=O)O)C2=O)c1. The largest absolute Gasteiger partial charge is 0.480 e. The number of carbonyl (C=O) groups is 2. The Kier molecular flexibility index (Phi) is 5.54. The normalized spacial score (nSPS) is 17.0. The van der Waals surface area contributed by atoms with Gasteiger partial charge in [0.2, 0.25) is 0 Å². The summed E-state index contributed by atoms with van der Waals surface area (Å²) in [6, 6.07) is 16.0. The van der Waals surface area contributed by atoms with Crippen LogP contribution in [0.15, 0.2) is 59.5 Å². The molecule has 1 heterocycles. The molecule has 132 valence electrons. The molecule has 0 bridgehead atoms.